The van der Waals surface area contributed by atoms with Crippen LogP contribution < -0.4 is 0 Å². The van der Waals surface area contributed by atoms with Gasteiger partial charge in [0.1, 0.15) is 11.9 Å². The number of rotatable bonds is 1. The van der Waals surface area contributed by atoms with E-state index in [0.29, 0.717) is 0 Å². The molecule has 1 heterocycles. The van der Waals surface area contributed by atoms with Crippen LogP contribution >= 0.6 is 0 Å². The highest BCUT2D eigenvalue weighted by atomic mass is 16.5. The van der Waals surface area contributed by atoms with Crippen molar-refractivity contribution < 1.29 is 9.84 Å². The average Bonchev–Trinajstić information content (AvgIpc) is 2.39. The molecule has 86 valence electrons. The van der Waals surface area contributed by atoms with E-state index in [2.05, 4.69) is 18.2 Å². The van der Waals surface area contributed by atoms with Crippen LogP contribution in [0.2, 0.25) is 0 Å². The monoisotopic (exact) mass is 226 g/mol. The lowest BCUT2D eigenvalue weighted by atomic mass is 9.93. The molecule has 0 bridgehead atoms. The van der Waals surface area contributed by atoms with Crippen molar-refractivity contribution in [1.29, 1.82) is 0 Å². The molecule has 1 aliphatic heterocycles. The molecule has 0 spiro atoms. The van der Waals surface area contributed by atoms with Gasteiger partial charge in [0.15, 0.2) is 0 Å². The van der Waals surface area contributed by atoms with Crippen molar-refractivity contribution >= 4 is 0 Å². The minimum Gasteiger partial charge on any atom is -0.508 e. The zero-order chi connectivity index (χ0) is 11.7. The van der Waals surface area contributed by atoms with Gasteiger partial charge in [-0.1, -0.05) is 36.4 Å². The summed E-state index contributed by atoms with van der Waals surface area (Å²) >= 11 is 0. The third-order valence-electron chi connectivity index (χ3n) is 3.19. The Balaban J connectivity index is 2.03. The van der Waals surface area contributed by atoms with Crippen molar-refractivity contribution in [2.24, 2.45) is 0 Å². The van der Waals surface area contributed by atoms with E-state index >= 15 is 0 Å². The largest absolute Gasteiger partial charge is 0.508 e. The Morgan fingerprint density at radius 3 is 2.59 bits per heavy atom. The van der Waals surface area contributed by atoms with Crippen molar-refractivity contribution in [3.63, 3.8) is 0 Å². The van der Waals surface area contributed by atoms with E-state index in [1.165, 1.54) is 11.1 Å². The molecule has 0 aliphatic carbocycles. The van der Waals surface area contributed by atoms with Gasteiger partial charge in [0.25, 0.3) is 0 Å². The Morgan fingerprint density at radius 1 is 1.00 bits per heavy atom. The topological polar surface area (TPSA) is 29.5 Å². The minimum absolute atomic E-state index is 0.000509. The first-order valence-electron chi connectivity index (χ1n) is 5.83. The molecule has 0 radical (unpaired) electrons. The van der Waals surface area contributed by atoms with Crippen molar-refractivity contribution in [2.75, 3.05) is 6.61 Å². The van der Waals surface area contributed by atoms with E-state index in [4.69, 9.17) is 4.74 Å². The fourth-order valence-electron chi connectivity index (χ4n) is 2.32. The summed E-state index contributed by atoms with van der Waals surface area (Å²) in [6.45, 7) is 0.753. The third-order valence-corrected chi connectivity index (χ3v) is 3.19. The van der Waals surface area contributed by atoms with E-state index in [1.807, 2.05) is 18.2 Å². The molecule has 0 saturated carbocycles. The number of hydrogen-bond acceptors (Lipinski definition) is 2. The molecule has 1 atom stereocenters. The number of aromatic hydroxyl groups is 1. The number of fused-ring (bicyclic) bond motifs is 1. The first kappa shape index (κ1) is 10.4. The van der Waals surface area contributed by atoms with Gasteiger partial charge in [-0.3, -0.25) is 0 Å². The second-order valence-corrected chi connectivity index (χ2v) is 4.29. The van der Waals surface area contributed by atoms with Gasteiger partial charge in [0, 0.05) is 0 Å². The SMILES string of the molecule is Oc1ccc(C2OCCc3ccccc32)cc1. The molecule has 1 N–H and O–H groups in total. The zero-order valence-corrected chi connectivity index (χ0v) is 9.47. The lowest BCUT2D eigenvalue weighted by Gasteiger charge is -2.26. The van der Waals surface area contributed by atoms with Crippen molar-refractivity contribution in [1.82, 2.24) is 0 Å². The summed E-state index contributed by atoms with van der Waals surface area (Å²) in [5.41, 5.74) is 3.69. The zero-order valence-electron chi connectivity index (χ0n) is 9.47. The van der Waals surface area contributed by atoms with E-state index in [-0.39, 0.29) is 11.9 Å². The number of phenolic OH excluding ortho intramolecular Hbond substituents is 1. The van der Waals surface area contributed by atoms with Crippen molar-refractivity contribution in [2.45, 2.75) is 12.5 Å². The second-order valence-electron chi connectivity index (χ2n) is 4.29. The van der Waals surface area contributed by atoms with Gasteiger partial charge in [-0.05, 0) is 35.2 Å². The van der Waals surface area contributed by atoms with Gasteiger partial charge in [-0.2, -0.15) is 0 Å². The van der Waals surface area contributed by atoms with Crippen LogP contribution in [0.4, 0.5) is 0 Å². The lowest BCUT2D eigenvalue weighted by molar-refractivity contribution is 0.0698. The fourth-order valence-corrected chi connectivity index (χ4v) is 2.32. The molecule has 2 nitrogen and oxygen atoms in total. The Kier molecular flexibility index (Phi) is 2.57. The number of hydrogen-bond donors (Lipinski definition) is 1. The van der Waals surface area contributed by atoms with Gasteiger partial charge in [-0.25, -0.2) is 0 Å². The van der Waals surface area contributed by atoms with Crippen LogP contribution in [0.15, 0.2) is 48.5 Å². The molecule has 0 aromatic heterocycles. The normalized spacial score (nSPS) is 18.7. The summed E-state index contributed by atoms with van der Waals surface area (Å²) in [6, 6.07) is 15.6. The third kappa shape index (κ3) is 1.92. The molecule has 1 unspecified atom stereocenters. The summed E-state index contributed by atoms with van der Waals surface area (Å²) in [5, 5.41) is 9.31. The van der Waals surface area contributed by atoms with Crippen LogP contribution in [-0.4, -0.2) is 11.7 Å². The summed E-state index contributed by atoms with van der Waals surface area (Å²) in [4.78, 5) is 0. The standard InChI is InChI=1S/C15H14O2/c16-13-7-5-12(6-8-13)15-14-4-2-1-3-11(14)9-10-17-15/h1-8,15-16H,9-10H2. The highest BCUT2D eigenvalue weighted by molar-refractivity contribution is 5.39. The molecule has 0 amide bonds. The fraction of sp³-hybridized carbons (Fsp3) is 0.200. The van der Waals surface area contributed by atoms with Crippen molar-refractivity contribution in [3.05, 3.63) is 65.2 Å². The molecule has 17 heavy (non-hydrogen) atoms. The van der Waals surface area contributed by atoms with Gasteiger partial charge in [0.2, 0.25) is 0 Å². The van der Waals surface area contributed by atoms with Crippen LogP contribution in [0, 0.1) is 0 Å². The van der Waals surface area contributed by atoms with E-state index < -0.39 is 0 Å². The van der Waals surface area contributed by atoms with Gasteiger partial charge in [0.05, 0.1) is 6.61 Å². The molecule has 2 aromatic rings. The molecule has 0 fully saturated rings. The van der Waals surface area contributed by atoms with Crippen LogP contribution in [0.25, 0.3) is 0 Å². The van der Waals surface area contributed by atoms with Crippen LogP contribution in [-0.2, 0) is 11.2 Å². The lowest BCUT2D eigenvalue weighted by Crippen LogP contribution is -2.16. The number of phenols is 1. The van der Waals surface area contributed by atoms with E-state index in [0.717, 1.165) is 18.6 Å². The molecule has 2 aromatic carbocycles. The smallest absolute Gasteiger partial charge is 0.115 e. The van der Waals surface area contributed by atoms with Gasteiger partial charge >= 0.3 is 0 Å². The Morgan fingerprint density at radius 2 is 1.76 bits per heavy atom. The minimum atomic E-state index is 0.000509. The Bertz CT molecular complexity index is 517. The molecule has 3 rings (SSSR count). The average molecular weight is 226 g/mol. The van der Waals surface area contributed by atoms with E-state index in [1.54, 1.807) is 12.1 Å². The second kappa shape index (κ2) is 4.22. The molecular weight excluding hydrogens is 212 g/mol. The number of benzene rings is 2. The summed E-state index contributed by atoms with van der Waals surface area (Å²) in [7, 11) is 0. The Labute approximate surface area is 100 Å². The molecule has 2 heteroatoms. The maximum Gasteiger partial charge on any atom is 0.115 e. The first-order chi connectivity index (χ1) is 8.34. The van der Waals surface area contributed by atoms with Crippen LogP contribution in [0.1, 0.15) is 22.8 Å². The van der Waals surface area contributed by atoms with E-state index in [9.17, 15) is 5.11 Å². The van der Waals surface area contributed by atoms with Gasteiger partial charge < -0.3 is 9.84 Å². The molecular formula is C15H14O2. The van der Waals surface area contributed by atoms with Crippen LogP contribution in [0.3, 0.4) is 0 Å². The van der Waals surface area contributed by atoms with Crippen molar-refractivity contribution in [3.8, 4) is 5.75 Å². The predicted octanol–water partition coefficient (Wildman–Crippen LogP) is 3.05. The summed E-state index contributed by atoms with van der Waals surface area (Å²) in [5.74, 6) is 0.290. The number of ether oxygens (including phenoxy) is 1. The quantitative estimate of drug-likeness (QED) is 0.809. The highest BCUT2D eigenvalue weighted by Crippen LogP contribution is 2.32. The molecule has 1 aliphatic rings. The maximum absolute atomic E-state index is 9.31. The summed E-state index contributed by atoms with van der Waals surface area (Å²) in [6.07, 6.45) is 0.977. The predicted molar refractivity (Wildman–Crippen MR) is 66.0 cm³/mol. The molecule has 0 saturated heterocycles. The summed E-state index contributed by atoms with van der Waals surface area (Å²) < 4.78 is 5.85. The first-order valence-corrected chi connectivity index (χ1v) is 5.83. The maximum atomic E-state index is 9.31. The highest BCUT2D eigenvalue weighted by Gasteiger charge is 2.21. The Hall–Kier alpha value is -1.80. The van der Waals surface area contributed by atoms with Crippen LogP contribution in [0.5, 0.6) is 5.75 Å². The van der Waals surface area contributed by atoms with Gasteiger partial charge in [-0.15, -0.1) is 0 Å².